The van der Waals surface area contributed by atoms with Gasteiger partial charge in [-0.05, 0) is 37.3 Å². The van der Waals surface area contributed by atoms with Crippen LogP contribution in [0.5, 0.6) is 0 Å². The third-order valence-corrected chi connectivity index (χ3v) is 4.69. The van der Waals surface area contributed by atoms with Crippen LogP contribution in [0.2, 0.25) is 0 Å². The van der Waals surface area contributed by atoms with E-state index in [0.717, 1.165) is 25.3 Å². The quantitative estimate of drug-likeness (QED) is 0.819. The van der Waals surface area contributed by atoms with E-state index in [1.54, 1.807) is 0 Å². The summed E-state index contributed by atoms with van der Waals surface area (Å²) >= 11 is 0. The maximum absolute atomic E-state index is 6.20. The number of fused-ring (bicyclic) bond motifs is 2. The minimum absolute atomic E-state index is 0.215. The lowest BCUT2D eigenvalue weighted by atomic mass is 9.72. The van der Waals surface area contributed by atoms with Crippen molar-refractivity contribution in [2.24, 2.45) is 11.7 Å². The van der Waals surface area contributed by atoms with Crippen molar-refractivity contribution in [1.82, 2.24) is 4.98 Å². The first-order chi connectivity index (χ1) is 8.83. The number of nitrogens with one attached hydrogen (secondary N) is 1. The number of nitrogens with zero attached hydrogens (tertiary/aromatic N) is 1. The normalized spacial score (nSPS) is 36.9. The number of nitrogens with two attached hydrogens (primary N) is 1. The molecule has 1 saturated carbocycles. The van der Waals surface area contributed by atoms with Crippen LogP contribution in [-0.2, 0) is 17.6 Å². The summed E-state index contributed by atoms with van der Waals surface area (Å²) in [6, 6.07) is 4.74. The van der Waals surface area contributed by atoms with Gasteiger partial charge in [-0.25, -0.2) is 4.98 Å². The highest BCUT2D eigenvalue weighted by atomic mass is 16.5. The van der Waals surface area contributed by atoms with Gasteiger partial charge in [-0.1, -0.05) is 6.07 Å². The lowest BCUT2D eigenvalue weighted by molar-refractivity contribution is 0.00523. The molecule has 2 aliphatic carbocycles. The lowest BCUT2D eigenvalue weighted by Crippen LogP contribution is -2.65. The van der Waals surface area contributed by atoms with Gasteiger partial charge in [0.15, 0.2) is 0 Å². The Balaban J connectivity index is 1.51. The molecule has 1 aromatic rings. The molecule has 3 aliphatic rings. The van der Waals surface area contributed by atoms with Gasteiger partial charge in [-0.2, -0.15) is 0 Å². The van der Waals surface area contributed by atoms with E-state index in [2.05, 4.69) is 17.4 Å². The zero-order valence-electron chi connectivity index (χ0n) is 10.4. The number of aryl methyl sites for hydroxylation is 2. The van der Waals surface area contributed by atoms with Crippen molar-refractivity contribution in [3.8, 4) is 0 Å². The van der Waals surface area contributed by atoms with Crippen LogP contribution in [0.15, 0.2) is 12.1 Å². The minimum atomic E-state index is 0.215. The Kier molecular flexibility index (Phi) is 2.35. The molecule has 0 aromatic carbocycles. The highest BCUT2D eigenvalue weighted by molar-refractivity contribution is 5.43. The van der Waals surface area contributed by atoms with Gasteiger partial charge in [0.05, 0.1) is 12.1 Å². The Morgan fingerprint density at radius 3 is 3.22 bits per heavy atom. The van der Waals surface area contributed by atoms with Crippen molar-refractivity contribution in [2.45, 2.75) is 43.9 Å². The Morgan fingerprint density at radius 2 is 2.28 bits per heavy atom. The molecule has 18 heavy (non-hydrogen) atoms. The van der Waals surface area contributed by atoms with Crippen LogP contribution < -0.4 is 11.1 Å². The molecule has 1 aliphatic heterocycles. The predicted molar refractivity (Wildman–Crippen MR) is 69.5 cm³/mol. The van der Waals surface area contributed by atoms with Crippen LogP contribution in [0, 0.1) is 5.92 Å². The summed E-state index contributed by atoms with van der Waals surface area (Å²) in [5.74, 6) is 1.52. The number of ether oxygens (including phenoxy) is 1. The van der Waals surface area contributed by atoms with Crippen molar-refractivity contribution in [3.05, 3.63) is 23.4 Å². The third-order valence-electron chi connectivity index (χ3n) is 4.69. The fraction of sp³-hybridized carbons (Fsp3) is 0.643. The molecule has 0 spiro atoms. The first kappa shape index (κ1) is 10.8. The summed E-state index contributed by atoms with van der Waals surface area (Å²) in [5, 5.41) is 3.47. The summed E-state index contributed by atoms with van der Waals surface area (Å²) in [6.07, 6.45) is 4.95. The molecular formula is C14H19N3O. The zero-order chi connectivity index (χ0) is 12.1. The van der Waals surface area contributed by atoms with E-state index >= 15 is 0 Å². The molecule has 3 N–H and O–H groups in total. The Bertz CT molecular complexity index is 476. The average Bonchev–Trinajstić information content (AvgIpc) is 3.02. The van der Waals surface area contributed by atoms with E-state index in [-0.39, 0.29) is 12.1 Å². The molecule has 1 saturated heterocycles. The number of rotatable bonds is 2. The van der Waals surface area contributed by atoms with Gasteiger partial charge in [-0.3, -0.25) is 0 Å². The molecule has 0 amide bonds. The van der Waals surface area contributed by atoms with Crippen LogP contribution in [0.1, 0.15) is 24.1 Å². The van der Waals surface area contributed by atoms with Gasteiger partial charge in [0, 0.05) is 24.3 Å². The van der Waals surface area contributed by atoms with Crippen molar-refractivity contribution >= 4 is 5.82 Å². The van der Waals surface area contributed by atoms with Crippen molar-refractivity contribution in [1.29, 1.82) is 0 Å². The molecule has 96 valence electrons. The third kappa shape index (κ3) is 1.49. The molecular weight excluding hydrogens is 226 g/mol. The Morgan fingerprint density at radius 1 is 1.33 bits per heavy atom. The lowest BCUT2D eigenvalue weighted by Gasteiger charge is -2.45. The highest BCUT2D eigenvalue weighted by Crippen LogP contribution is 2.39. The van der Waals surface area contributed by atoms with Crippen molar-refractivity contribution < 1.29 is 4.74 Å². The molecule has 4 unspecified atom stereocenters. The largest absolute Gasteiger partial charge is 0.376 e. The second-order valence-corrected chi connectivity index (χ2v) is 5.69. The minimum Gasteiger partial charge on any atom is -0.376 e. The van der Waals surface area contributed by atoms with Crippen LogP contribution >= 0.6 is 0 Å². The summed E-state index contributed by atoms with van der Waals surface area (Å²) in [7, 11) is 0. The molecule has 4 rings (SSSR count). The molecule has 1 aromatic heterocycles. The number of aromatic nitrogens is 1. The molecule has 2 fully saturated rings. The molecule has 0 radical (unpaired) electrons. The predicted octanol–water partition coefficient (Wildman–Crippen LogP) is 1.10. The van der Waals surface area contributed by atoms with E-state index < -0.39 is 0 Å². The molecule has 4 atom stereocenters. The highest BCUT2D eigenvalue weighted by Gasteiger charge is 2.52. The van der Waals surface area contributed by atoms with Gasteiger partial charge in [0.2, 0.25) is 0 Å². The first-order valence-electron chi connectivity index (χ1n) is 6.95. The first-order valence-corrected chi connectivity index (χ1v) is 6.95. The monoisotopic (exact) mass is 245 g/mol. The second kappa shape index (κ2) is 3.93. The topological polar surface area (TPSA) is 60.2 Å². The molecule has 2 heterocycles. The average molecular weight is 245 g/mol. The van der Waals surface area contributed by atoms with Gasteiger partial charge in [0.1, 0.15) is 5.82 Å². The summed E-state index contributed by atoms with van der Waals surface area (Å²) in [6.45, 7) is 0.860. The molecule has 4 nitrogen and oxygen atoms in total. The van der Waals surface area contributed by atoms with Gasteiger partial charge in [-0.15, -0.1) is 0 Å². The number of pyridine rings is 1. The van der Waals surface area contributed by atoms with E-state index in [1.807, 2.05) is 0 Å². The van der Waals surface area contributed by atoms with E-state index in [1.165, 1.54) is 24.1 Å². The fourth-order valence-corrected chi connectivity index (χ4v) is 3.60. The smallest absolute Gasteiger partial charge is 0.126 e. The van der Waals surface area contributed by atoms with Crippen molar-refractivity contribution in [3.63, 3.8) is 0 Å². The zero-order valence-corrected chi connectivity index (χ0v) is 10.4. The summed E-state index contributed by atoms with van der Waals surface area (Å²) in [4.78, 5) is 4.70. The van der Waals surface area contributed by atoms with Crippen molar-refractivity contribution in [2.75, 3.05) is 11.9 Å². The maximum atomic E-state index is 6.20. The number of hydrogen-bond acceptors (Lipinski definition) is 4. The van der Waals surface area contributed by atoms with Crippen LogP contribution in [0.3, 0.4) is 0 Å². The fourth-order valence-electron chi connectivity index (χ4n) is 3.60. The van der Waals surface area contributed by atoms with E-state index in [0.29, 0.717) is 12.0 Å². The molecule has 4 heteroatoms. The van der Waals surface area contributed by atoms with Gasteiger partial charge < -0.3 is 15.8 Å². The Labute approximate surface area is 107 Å². The Hall–Kier alpha value is -1.13. The number of hydrogen-bond donors (Lipinski definition) is 2. The summed E-state index contributed by atoms with van der Waals surface area (Å²) < 4.78 is 5.73. The maximum Gasteiger partial charge on any atom is 0.126 e. The van der Waals surface area contributed by atoms with Gasteiger partial charge >= 0.3 is 0 Å². The summed E-state index contributed by atoms with van der Waals surface area (Å²) in [5.41, 5.74) is 8.87. The van der Waals surface area contributed by atoms with Gasteiger partial charge in [0.25, 0.3) is 0 Å². The van der Waals surface area contributed by atoms with E-state index in [4.69, 9.17) is 15.5 Å². The van der Waals surface area contributed by atoms with E-state index in [9.17, 15) is 0 Å². The van der Waals surface area contributed by atoms with Crippen LogP contribution in [-0.4, -0.2) is 29.8 Å². The second-order valence-electron chi connectivity index (χ2n) is 5.69. The SMILES string of the molecule is NC1C2CCOC2C1Nc1ccc2c(n1)CCC2. The molecule has 0 bridgehead atoms. The van der Waals surface area contributed by atoms with Crippen LogP contribution in [0.25, 0.3) is 0 Å². The number of anilines is 1. The van der Waals surface area contributed by atoms with Crippen LogP contribution in [0.4, 0.5) is 5.82 Å². The standard InChI is InChI=1S/C14H19N3O/c15-12-9-6-7-18-14(9)13(12)17-11-5-4-8-2-1-3-10(8)16-11/h4-5,9,12-14H,1-3,6-7,15H2,(H,16,17).